The predicted octanol–water partition coefficient (Wildman–Crippen LogP) is 0.949. The fourth-order valence-corrected chi connectivity index (χ4v) is 2.84. The number of anilines is 1. The lowest BCUT2D eigenvalue weighted by molar-refractivity contribution is -0.255. The Bertz CT molecular complexity index is 764. The van der Waals surface area contributed by atoms with E-state index >= 15 is 0 Å². The third kappa shape index (κ3) is 2.64. The first kappa shape index (κ1) is 15.4. The minimum absolute atomic E-state index is 0.00831. The number of carbonyl (C=O) groups is 1. The zero-order valence-corrected chi connectivity index (χ0v) is 12.3. The maximum Gasteiger partial charge on any atom is 0.410 e. The molecular formula is C13H13F3N5O2-. The molecule has 124 valence electrons. The zero-order valence-electron chi connectivity index (χ0n) is 12.3. The number of carbonyl (C=O) groups excluding carboxylic acids is 1. The molecule has 0 spiro atoms. The molecular weight excluding hydrogens is 315 g/mol. The highest BCUT2D eigenvalue weighted by atomic mass is 19.4. The van der Waals surface area contributed by atoms with Crippen molar-refractivity contribution in [3.8, 4) is 0 Å². The first-order valence-electron chi connectivity index (χ1n) is 6.81. The molecule has 0 radical (unpaired) electrons. The molecule has 0 aliphatic carbocycles. The van der Waals surface area contributed by atoms with Crippen molar-refractivity contribution >= 4 is 11.8 Å². The maximum atomic E-state index is 13.4. The number of nitrogens with zero attached hydrogens (tertiary/aromatic N) is 4. The molecule has 0 bridgehead atoms. The second-order valence-corrected chi connectivity index (χ2v) is 5.48. The van der Waals surface area contributed by atoms with E-state index in [0.29, 0.717) is 15.9 Å². The van der Waals surface area contributed by atoms with Crippen LogP contribution in [0.1, 0.15) is 40.3 Å². The van der Waals surface area contributed by atoms with Gasteiger partial charge in [0, 0.05) is 31.3 Å². The van der Waals surface area contributed by atoms with Crippen LogP contribution in [0.15, 0.2) is 12.3 Å². The van der Waals surface area contributed by atoms with Gasteiger partial charge < -0.3 is 15.2 Å². The Balaban J connectivity index is 2.05. The molecule has 2 atom stereocenters. The lowest BCUT2D eigenvalue weighted by Crippen LogP contribution is -2.36. The fraction of sp³-hybridized carbons (Fsp3) is 0.462. The number of fused-ring (bicyclic) bond motifs is 1. The Labute approximate surface area is 128 Å². The van der Waals surface area contributed by atoms with Crippen molar-refractivity contribution in [3.05, 3.63) is 29.2 Å². The molecule has 7 nitrogen and oxygen atoms in total. The minimum atomic E-state index is -4.56. The van der Waals surface area contributed by atoms with Crippen molar-refractivity contribution in [1.82, 2.24) is 19.6 Å². The molecule has 3 heterocycles. The van der Waals surface area contributed by atoms with Crippen LogP contribution in [0.25, 0.3) is 0 Å². The van der Waals surface area contributed by atoms with Gasteiger partial charge in [-0.2, -0.15) is 23.4 Å². The number of hydrogen-bond acceptors (Lipinski definition) is 5. The Hall–Kier alpha value is -2.52. The monoisotopic (exact) mass is 328 g/mol. The Morgan fingerprint density at radius 1 is 1.43 bits per heavy atom. The van der Waals surface area contributed by atoms with E-state index in [1.54, 1.807) is 20.2 Å². The molecule has 0 fully saturated rings. The number of aryl methyl sites for hydroxylation is 2. The van der Waals surface area contributed by atoms with Crippen LogP contribution in [0.3, 0.4) is 0 Å². The highest BCUT2D eigenvalue weighted by molar-refractivity contribution is 5.84. The van der Waals surface area contributed by atoms with Crippen molar-refractivity contribution in [3.63, 3.8) is 0 Å². The summed E-state index contributed by atoms with van der Waals surface area (Å²) in [6.45, 7) is 1.71. The van der Waals surface area contributed by atoms with Gasteiger partial charge in [-0.05, 0) is 6.92 Å². The normalized spacial score (nSPS) is 20.9. The molecule has 2 aromatic heterocycles. The topological polar surface area (TPSA) is 87.8 Å². The molecule has 0 saturated heterocycles. The van der Waals surface area contributed by atoms with Crippen LogP contribution in [0.4, 0.5) is 19.0 Å². The molecule has 23 heavy (non-hydrogen) atoms. The maximum absolute atomic E-state index is 13.4. The van der Waals surface area contributed by atoms with Gasteiger partial charge in [0.05, 0.1) is 17.7 Å². The highest BCUT2D eigenvalue weighted by Crippen LogP contribution is 2.43. The molecule has 0 saturated carbocycles. The number of alkyl halides is 3. The second-order valence-electron chi connectivity index (χ2n) is 5.48. The van der Waals surface area contributed by atoms with Crippen LogP contribution in [0.2, 0.25) is 0 Å². The molecule has 2 aromatic rings. The van der Waals surface area contributed by atoms with Gasteiger partial charge in [-0.15, -0.1) is 0 Å². The van der Waals surface area contributed by atoms with Gasteiger partial charge in [0.25, 0.3) is 0 Å². The van der Waals surface area contributed by atoms with E-state index in [4.69, 9.17) is 0 Å². The van der Waals surface area contributed by atoms with Crippen molar-refractivity contribution in [2.24, 2.45) is 7.05 Å². The van der Waals surface area contributed by atoms with Crippen LogP contribution in [-0.2, 0) is 7.05 Å². The van der Waals surface area contributed by atoms with Crippen LogP contribution in [0, 0.1) is 6.92 Å². The fourth-order valence-electron chi connectivity index (χ4n) is 2.84. The highest BCUT2D eigenvalue weighted by Gasteiger charge is 2.47. The lowest BCUT2D eigenvalue weighted by Gasteiger charge is -2.33. The van der Waals surface area contributed by atoms with Crippen molar-refractivity contribution < 1.29 is 23.1 Å². The quantitative estimate of drug-likeness (QED) is 0.887. The predicted molar refractivity (Wildman–Crippen MR) is 70.6 cm³/mol. The summed E-state index contributed by atoms with van der Waals surface area (Å²) in [6, 6.07) is -1.52. The van der Waals surface area contributed by atoms with Crippen molar-refractivity contribution in [2.75, 3.05) is 5.32 Å². The molecule has 1 N–H and O–H groups in total. The van der Waals surface area contributed by atoms with Crippen molar-refractivity contribution in [1.29, 1.82) is 0 Å². The Morgan fingerprint density at radius 3 is 2.65 bits per heavy atom. The first-order chi connectivity index (χ1) is 10.7. The van der Waals surface area contributed by atoms with E-state index < -0.39 is 29.9 Å². The number of halogens is 3. The van der Waals surface area contributed by atoms with Gasteiger partial charge in [-0.3, -0.25) is 4.68 Å². The van der Waals surface area contributed by atoms with Crippen LogP contribution in [-0.4, -0.2) is 31.7 Å². The number of hydrogen-bond donors (Lipinski definition) is 1. The van der Waals surface area contributed by atoms with Gasteiger partial charge in [0.2, 0.25) is 0 Å². The molecule has 0 unspecified atom stereocenters. The average Bonchev–Trinajstić information content (AvgIpc) is 2.99. The van der Waals surface area contributed by atoms with Gasteiger partial charge in [0.1, 0.15) is 11.5 Å². The largest absolute Gasteiger partial charge is 0.543 e. The van der Waals surface area contributed by atoms with E-state index in [-0.39, 0.29) is 12.2 Å². The molecule has 0 aromatic carbocycles. The number of carboxylic acids is 1. The van der Waals surface area contributed by atoms with E-state index in [1.165, 1.54) is 4.68 Å². The first-order valence-corrected chi connectivity index (χ1v) is 6.81. The summed E-state index contributed by atoms with van der Waals surface area (Å²) in [5.74, 6) is -1.63. The Kier molecular flexibility index (Phi) is 3.34. The number of aromatic carboxylic acids is 1. The standard InChI is InChI=1S/C13H14F3N5O2/c1-6-7(5-20(2)18-6)8-3-10(13(14,15)16)21-11(17-8)4-9(19-21)12(22)23/h4-5,8,10,17H,3H2,1-2H3,(H,22,23)/p-1/t8-,10+/m1/s1. The molecule has 3 rings (SSSR count). The van der Waals surface area contributed by atoms with Crippen LogP contribution in [0.5, 0.6) is 0 Å². The van der Waals surface area contributed by atoms with Gasteiger partial charge in [-0.25, -0.2) is 4.68 Å². The van der Waals surface area contributed by atoms with E-state index in [1.807, 2.05) is 0 Å². The van der Waals surface area contributed by atoms with Crippen LogP contribution < -0.4 is 10.4 Å². The third-order valence-corrected chi connectivity index (χ3v) is 3.83. The minimum Gasteiger partial charge on any atom is -0.543 e. The summed E-state index contributed by atoms with van der Waals surface area (Å²) in [4.78, 5) is 10.9. The van der Waals surface area contributed by atoms with Gasteiger partial charge in [0.15, 0.2) is 6.04 Å². The number of rotatable bonds is 2. The van der Waals surface area contributed by atoms with Gasteiger partial charge >= 0.3 is 6.18 Å². The number of carboxylic acid groups (broad SMARTS) is 1. The zero-order chi connectivity index (χ0) is 16.9. The molecule has 1 aliphatic heterocycles. The summed E-state index contributed by atoms with van der Waals surface area (Å²) < 4.78 is 42.2. The lowest BCUT2D eigenvalue weighted by atomic mass is 9.97. The van der Waals surface area contributed by atoms with E-state index in [2.05, 4.69) is 15.5 Å². The average molecular weight is 328 g/mol. The Morgan fingerprint density at radius 2 is 2.13 bits per heavy atom. The summed E-state index contributed by atoms with van der Waals surface area (Å²) in [5.41, 5.74) is 0.702. The molecule has 1 aliphatic rings. The van der Waals surface area contributed by atoms with E-state index in [0.717, 1.165) is 6.07 Å². The molecule has 10 heteroatoms. The van der Waals surface area contributed by atoms with Crippen LogP contribution >= 0.6 is 0 Å². The number of nitrogens with one attached hydrogen (secondary N) is 1. The summed E-state index contributed by atoms with van der Waals surface area (Å²) in [7, 11) is 1.68. The second kappa shape index (κ2) is 5.00. The van der Waals surface area contributed by atoms with Gasteiger partial charge in [-0.1, -0.05) is 0 Å². The summed E-state index contributed by atoms with van der Waals surface area (Å²) in [5, 5.41) is 21.4. The SMILES string of the molecule is Cc1nn(C)cc1[C@H]1C[C@@H](C(F)(F)F)n2nc(C(=O)[O-])cc2N1. The smallest absolute Gasteiger partial charge is 0.410 e. The molecule has 0 amide bonds. The summed E-state index contributed by atoms with van der Waals surface area (Å²) in [6.07, 6.45) is -3.22. The van der Waals surface area contributed by atoms with E-state index in [9.17, 15) is 23.1 Å². The number of aromatic nitrogens is 4. The summed E-state index contributed by atoms with van der Waals surface area (Å²) >= 11 is 0. The van der Waals surface area contributed by atoms with Crippen molar-refractivity contribution in [2.45, 2.75) is 31.6 Å². The third-order valence-electron chi connectivity index (χ3n) is 3.83.